The lowest BCUT2D eigenvalue weighted by molar-refractivity contribution is -0.124. The summed E-state index contributed by atoms with van der Waals surface area (Å²) < 4.78 is 10.7. The maximum Gasteiger partial charge on any atom is 0.237 e. The Morgan fingerprint density at radius 2 is 2.05 bits per heavy atom. The number of carbonyl (C=O) groups is 1. The van der Waals surface area contributed by atoms with Crippen LogP contribution >= 0.6 is 12.4 Å². The topological polar surface area (TPSA) is 73.6 Å². The molecule has 0 aromatic rings. The van der Waals surface area contributed by atoms with Crippen molar-refractivity contribution in [1.82, 2.24) is 5.32 Å². The van der Waals surface area contributed by atoms with Gasteiger partial charge in [0.2, 0.25) is 5.91 Å². The standard InChI is InChI=1S/C14H28N2O3.ClH/c1-11(2)10-19-7-3-6-16-14(17)13(15)12-4-8-18-9-5-12;/h11-13H,3-10,15H2,1-2H3,(H,16,17);1H. The van der Waals surface area contributed by atoms with Gasteiger partial charge in [-0.25, -0.2) is 0 Å². The van der Waals surface area contributed by atoms with Crippen LogP contribution in [-0.2, 0) is 14.3 Å². The number of hydrogen-bond acceptors (Lipinski definition) is 4. The van der Waals surface area contributed by atoms with E-state index in [9.17, 15) is 4.79 Å². The molecule has 5 nitrogen and oxygen atoms in total. The van der Waals surface area contributed by atoms with E-state index in [1.54, 1.807) is 0 Å². The van der Waals surface area contributed by atoms with Crippen LogP contribution in [0.2, 0.25) is 0 Å². The summed E-state index contributed by atoms with van der Waals surface area (Å²) in [6.45, 7) is 7.76. The van der Waals surface area contributed by atoms with E-state index in [1.165, 1.54) is 0 Å². The minimum atomic E-state index is -0.402. The lowest BCUT2D eigenvalue weighted by Gasteiger charge is -2.26. The Balaban J connectivity index is 0.00000361. The summed E-state index contributed by atoms with van der Waals surface area (Å²) in [5.41, 5.74) is 5.97. The van der Waals surface area contributed by atoms with E-state index in [0.717, 1.165) is 25.9 Å². The summed E-state index contributed by atoms with van der Waals surface area (Å²) >= 11 is 0. The van der Waals surface area contributed by atoms with Crippen molar-refractivity contribution in [1.29, 1.82) is 0 Å². The van der Waals surface area contributed by atoms with Gasteiger partial charge in [-0.2, -0.15) is 0 Å². The van der Waals surface area contributed by atoms with Gasteiger partial charge in [0.25, 0.3) is 0 Å². The van der Waals surface area contributed by atoms with Gasteiger partial charge in [0.15, 0.2) is 0 Å². The summed E-state index contributed by atoms with van der Waals surface area (Å²) in [5.74, 6) is 0.762. The molecule has 20 heavy (non-hydrogen) atoms. The van der Waals surface area contributed by atoms with Crippen molar-refractivity contribution < 1.29 is 14.3 Å². The molecular weight excluding hydrogens is 280 g/mol. The smallest absolute Gasteiger partial charge is 0.237 e. The number of amides is 1. The Labute approximate surface area is 128 Å². The highest BCUT2D eigenvalue weighted by Gasteiger charge is 2.26. The molecular formula is C14H29ClN2O3. The Hall–Kier alpha value is -0.360. The zero-order chi connectivity index (χ0) is 14.1. The van der Waals surface area contributed by atoms with Gasteiger partial charge in [-0.15, -0.1) is 12.4 Å². The normalized spacial score (nSPS) is 17.6. The van der Waals surface area contributed by atoms with Gasteiger partial charge in [0.1, 0.15) is 0 Å². The Kier molecular flexibility index (Phi) is 11.1. The lowest BCUT2D eigenvalue weighted by atomic mass is 9.92. The van der Waals surface area contributed by atoms with Crippen molar-refractivity contribution in [2.45, 2.75) is 39.2 Å². The van der Waals surface area contributed by atoms with Crippen molar-refractivity contribution in [2.75, 3.05) is 33.0 Å². The third-order valence-corrected chi connectivity index (χ3v) is 3.29. The van der Waals surface area contributed by atoms with Gasteiger partial charge >= 0.3 is 0 Å². The Morgan fingerprint density at radius 1 is 1.40 bits per heavy atom. The average Bonchev–Trinajstić information content (AvgIpc) is 2.42. The predicted molar refractivity (Wildman–Crippen MR) is 82.1 cm³/mol. The van der Waals surface area contributed by atoms with Crippen LogP contribution in [0.3, 0.4) is 0 Å². The monoisotopic (exact) mass is 308 g/mol. The van der Waals surface area contributed by atoms with Crippen LogP contribution in [0.15, 0.2) is 0 Å². The molecule has 0 aromatic heterocycles. The van der Waals surface area contributed by atoms with Crippen molar-refractivity contribution in [3.05, 3.63) is 0 Å². The van der Waals surface area contributed by atoms with Crippen LogP contribution in [0.4, 0.5) is 0 Å². The van der Waals surface area contributed by atoms with Crippen LogP contribution in [-0.4, -0.2) is 44.9 Å². The first kappa shape index (κ1) is 19.6. The Bertz CT molecular complexity index is 259. The number of nitrogens with one attached hydrogen (secondary N) is 1. The fourth-order valence-electron chi connectivity index (χ4n) is 2.11. The molecule has 1 aliphatic rings. The van der Waals surface area contributed by atoms with Gasteiger partial charge in [0.05, 0.1) is 6.04 Å². The highest BCUT2D eigenvalue weighted by Crippen LogP contribution is 2.17. The zero-order valence-corrected chi connectivity index (χ0v) is 13.4. The quantitative estimate of drug-likeness (QED) is 0.664. The fourth-order valence-corrected chi connectivity index (χ4v) is 2.11. The molecule has 0 aliphatic carbocycles. The first-order valence-electron chi connectivity index (χ1n) is 7.30. The van der Waals surface area contributed by atoms with Gasteiger partial charge < -0.3 is 20.5 Å². The van der Waals surface area contributed by atoms with E-state index in [-0.39, 0.29) is 24.2 Å². The molecule has 0 radical (unpaired) electrons. The largest absolute Gasteiger partial charge is 0.381 e. The van der Waals surface area contributed by atoms with E-state index in [0.29, 0.717) is 32.3 Å². The first-order valence-corrected chi connectivity index (χ1v) is 7.30. The van der Waals surface area contributed by atoms with Crippen molar-refractivity contribution >= 4 is 18.3 Å². The molecule has 0 saturated carbocycles. The maximum atomic E-state index is 11.9. The van der Waals surface area contributed by atoms with Gasteiger partial charge in [-0.3, -0.25) is 4.79 Å². The van der Waals surface area contributed by atoms with E-state index < -0.39 is 6.04 Å². The molecule has 0 spiro atoms. The van der Waals surface area contributed by atoms with Gasteiger partial charge in [0, 0.05) is 33.0 Å². The summed E-state index contributed by atoms with van der Waals surface area (Å²) in [7, 11) is 0. The highest BCUT2D eigenvalue weighted by molar-refractivity contribution is 5.85. The van der Waals surface area contributed by atoms with Crippen LogP contribution in [0, 0.1) is 11.8 Å². The molecule has 1 amide bonds. The molecule has 120 valence electrons. The molecule has 0 aromatic carbocycles. The minimum Gasteiger partial charge on any atom is -0.381 e. The minimum absolute atomic E-state index is 0. The fraction of sp³-hybridized carbons (Fsp3) is 0.929. The van der Waals surface area contributed by atoms with Crippen LogP contribution in [0.1, 0.15) is 33.1 Å². The summed E-state index contributed by atoms with van der Waals surface area (Å²) in [6, 6.07) is -0.402. The number of halogens is 1. The zero-order valence-electron chi connectivity index (χ0n) is 12.6. The number of rotatable bonds is 8. The van der Waals surface area contributed by atoms with E-state index in [1.807, 2.05) is 0 Å². The molecule has 1 saturated heterocycles. The second-order valence-electron chi connectivity index (χ2n) is 5.59. The third kappa shape index (κ3) is 8.04. The van der Waals surface area contributed by atoms with Gasteiger partial charge in [-0.05, 0) is 31.1 Å². The molecule has 1 rings (SSSR count). The molecule has 1 heterocycles. The number of hydrogen-bond donors (Lipinski definition) is 2. The second kappa shape index (κ2) is 11.3. The summed E-state index contributed by atoms with van der Waals surface area (Å²) in [6.07, 6.45) is 2.59. The van der Waals surface area contributed by atoms with Crippen LogP contribution in [0.25, 0.3) is 0 Å². The molecule has 0 bridgehead atoms. The summed E-state index contributed by atoms with van der Waals surface area (Å²) in [5, 5.41) is 2.88. The van der Waals surface area contributed by atoms with Crippen LogP contribution in [0.5, 0.6) is 0 Å². The number of nitrogens with two attached hydrogens (primary N) is 1. The van der Waals surface area contributed by atoms with Crippen molar-refractivity contribution in [3.8, 4) is 0 Å². The maximum absolute atomic E-state index is 11.9. The van der Waals surface area contributed by atoms with Gasteiger partial charge in [-0.1, -0.05) is 13.8 Å². The lowest BCUT2D eigenvalue weighted by Crippen LogP contribution is -2.47. The van der Waals surface area contributed by atoms with E-state index in [2.05, 4.69) is 19.2 Å². The van der Waals surface area contributed by atoms with Crippen molar-refractivity contribution in [3.63, 3.8) is 0 Å². The molecule has 6 heteroatoms. The molecule has 3 N–H and O–H groups in total. The molecule has 1 atom stereocenters. The van der Waals surface area contributed by atoms with E-state index in [4.69, 9.17) is 15.2 Å². The second-order valence-corrected chi connectivity index (χ2v) is 5.59. The molecule has 1 unspecified atom stereocenters. The highest BCUT2D eigenvalue weighted by atomic mass is 35.5. The predicted octanol–water partition coefficient (Wildman–Crippen LogP) is 1.34. The van der Waals surface area contributed by atoms with Crippen molar-refractivity contribution in [2.24, 2.45) is 17.6 Å². The SMILES string of the molecule is CC(C)COCCCNC(=O)C(N)C1CCOCC1.Cl. The average molecular weight is 309 g/mol. The third-order valence-electron chi connectivity index (χ3n) is 3.29. The number of carbonyl (C=O) groups excluding carboxylic acids is 1. The summed E-state index contributed by atoms with van der Waals surface area (Å²) in [4.78, 5) is 11.9. The molecule has 1 aliphatic heterocycles. The first-order chi connectivity index (χ1) is 9.11. The Morgan fingerprint density at radius 3 is 2.65 bits per heavy atom. The number of ether oxygens (including phenoxy) is 2. The van der Waals surface area contributed by atoms with E-state index >= 15 is 0 Å². The molecule has 1 fully saturated rings. The van der Waals surface area contributed by atoms with Crippen LogP contribution < -0.4 is 11.1 Å².